The summed E-state index contributed by atoms with van der Waals surface area (Å²) in [6.07, 6.45) is 1.21. The van der Waals surface area contributed by atoms with Gasteiger partial charge in [-0.05, 0) is 54.8 Å². The highest BCUT2D eigenvalue weighted by atomic mass is 35.5. The van der Waals surface area contributed by atoms with Crippen LogP contribution in [0.3, 0.4) is 0 Å². The molecule has 4 nitrogen and oxygen atoms in total. The van der Waals surface area contributed by atoms with Crippen LogP contribution in [-0.4, -0.2) is 39.3 Å². The van der Waals surface area contributed by atoms with E-state index in [2.05, 4.69) is 24.8 Å². The second-order valence-corrected chi connectivity index (χ2v) is 9.93. The fraction of sp³-hybridized carbons (Fsp3) is 0.429. The van der Waals surface area contributed by atoms with E-state index >= 15 is 0 Å². The maximum Gasteiger partial charge on any atom is 0.175 e. The second-order valence-electron chi connectivity index (χ2n) is 7.48. The Morgan fingerprint density at radius 1 is 1.19 bits per heavy atom. The lowest BCUT2D eigenvalue weighted by atomic mass is 9.99. The monoisotopic (exact) mass is 407 g/mol. The quantitative estimate of drug-likeness (QED) is 0.709. The SMILES string of the molecule is CC1CN(C(C)c2cccc(Cl)c2)CC1COc1ccc(S(C)(=O)=O)cc1. The summed E-state index contributed by atoms with van der Waals surface area (Å²) < 4.78 is 29.0. The standard InChI is InChI=1S/C21H26ClNO3S/c1-15-12-23(16(2)17-5-4-6-19(22)11-17)13-18(15)14-26-20-7-9-21(10-8-20)27(3,24)25/h4-11,15-16,18H,12-14H2,1-3H3. The molecule has 1 saturated heterocycles. The number of benzene rings is 2. The van der Waals surface area contributed by atoms with E-state index in [9.17, 15) is 8.42 Å². The van der Waals surface area contributed by atoms with Gasteiger partial charge in [0.25, 0.3) is 0 Å². The van der Waals surface area contributed by atoms with E-state index in [1.165, 1.54) is 11.8 Å². The highest BCUT2D eigenvalue weighted by Crippen LogP contribution is 2.32. The van der Waals surface area contributed by atoms with Crippen LogP contribution in [0.5, 0.6) is 5.75 Å². The molecule has 0 N–H and O–H groups in total. The van der Waals surface area contributed by atoms with Crippen LogP contribution in [0, 0.1) is 11.8 Å². The molecule has 0 spiro atoms. The number of nitrogens with zero attached hydrogens (tertiary/aromatic N) is 1. The smallest absolute Gasteiger partial charge is 0.175 e. The maximum absolute atomic E-state index is 11.5. The molecule has 3 rings (SSSR count). The molecule has 1 heterocycles. The van der Waals surface area contributed by atoms with Gasteiger partial charge in [0.05, 0.1) is 11.5 Å². The van der Waals surface area contributed by atoms with Crippen LogP contribution in [0.25, 0.3) is 0 Å². The number of ether oxygens (including phenoxy) is 1. The molecule has 1 aliphatic rings. The predicted molar refractivity (Wildman–Crippen MR) is 109 cm³/mol. The first-order valence-electron chi connectivity index (χ1n) is 9.16. The van der Waals surface area contributed by atoms with Gasteiger partial charge in [-0.15, -0.1) is 0 Å². The van der Waals surface area contributed by atoms with Crippen LogP contribution in [-0.2, 0) is 9.84 Å². The van der Waals surface area contributed by atoms with Crippen molar-refractivity contribution in [3.05, 3.63) is 59.1 Å². The molecule has 0 saturated carbocycles. The Kier molecular flexibility index (Phi) is 6.14. The zero-order valence-corrected chi connectivity index (χ0v) is 17.5. The van der Waals surface area contributed by atoms with Gasteiger partial charge in [-0.1, -0.05) is 30.7 Å². The van der Waals surface area contributed by atoms with Gasteiger partial charge in [0, 0.05) is 36.3 Å². The minimum atomic E-state index is -3.18. The number of rotatable bonds is 6. The van der Waals surface area contributed by atoms with Crippen molar-refractivity contribution < 1.29 is 13.2 Å². The van der Waals surface area contributed by atoms with E-state index in [0.717, 1.165) is 18.1 Å². The number of likely N-dealkylation sites (tertiary alicyclic amines) is 1. The van der Waals surface area contributed by atoms with Gasteiger partial charge < -0.3 is 4.74 Å². The molecule has 2 aromatic rings. The molecule has 27 heavy (non-hydrogen) atoms. The largest absolute Gasteiger partial charge is 0.493 e. The summed E-state index contributed by atoms with van der Waals surface area (Å²) in [5.74, 6) is 1.67. The zero-order chi connectivity index (χ0) is 19.6. The van der Waals surface area contributed by atoms with Crippen molar-refractivity contribution >= 4 is 21.4 Å². The maximum atomic E-state index is 11.5. The zero-order valence-electron chi connectivity index (χ0n) is 15.9. The Balaban J connectivity index is 1.59. The van der Waals surface area contributed by atoms with Crippen LogP contribution in [0.2, 0.25) is 5.02 Å². The van der Waals surface area contributed by atoms with E-state index < -0.39 is 9.84 Å². The van der Waals surface area contributed by atoms with Crippen molar-refractivity contribution in [1.82, 2.24) is 4.90 Å². The third-order valence-corrected chi connectivity index (χ3v) is 6.75. The van der Waals surface area contributed by atoms with Crippen LogP contribution >= 0.6 is 11.6 Å². The molecule has 0 bridgehead atoms. The Morgan fingerprint density at radius 3 is 2.52 bits per heavy atom. The molecule has 6 heteroatoms. The second kappa shape index (κ2) is 8.21. The van der Waals surface area contributed by atoms with Crippen LogP contribution < -0.4 is 4.74 Å². The van der Waals surface area contributed by atoms with Gasteiger partial charge in [0.2, 0.25) is 0 Å². The number of hydrogen-bond donors (Lipinski definition) is 0. The summed E-state index contributed by atoms with van der Waals surface area (Å²) in [4.78, 5) is 2.78. The molecule has 0 aliphatic carbocycles. The minimum absolute atomic E-state index is 0.310. The summed E-state index contributed by atoms with van der Waals surface area (Å²) in [7, 11) is -3.18. The van der Waals surface area contributed by atoms with Crippen LogP contribution in [0.1, 0.15) is 25.5 Å². The molecule has 3 unspecified atom stereocenters. The summed E-state index contributed by atoms with van der Waals surface area (Å²) >= 11 is 6.13. The molecule has 1 fully saturated rings. The van der Waals surface area contributed by atoms with Gasteiger partial charge in [-0.25, -0.2) is 8.42 Å². The molecule has 3 atom stereocenters. The van der Waals surface area contributed by atoms with Gasteiger partial charge >= 0.3 is 0 Å². The van der Waals surface area contributed by atoms with Crippen LogP contribution in [0.4, 0.5) is 0 Å². The van der Waals surface area contributed by atoms with Crippen molar-refractivity contribution in [1.29, 1.82) is 0 Å². The molecule has 0 amide bonds. The summed E-state index contributed by atoms with van der Waals surface area (Å²) in [5, 5.41) is 0.768. The van der Waals surface area contributed by atoms with E-state index in [0.29, 0.717) is 35.1 Å². The predicted octanol–water partition coefficient (Wildman–Crippen LogP) is 4.45. The lowest BCUT2D eigenvalue weighted by molar-refractivity contribution is 0.212. The first-order chi connectivity index (χ1) is 12.7. The summed E-state index contributed by atoms with van der Waals surface area (Å²) in [6, 6.07) is 15.0. The number of halogens is 1. The van der Waals surface area contributed by atoms with E-state index in [4.69, 9.17) is 16.3 Å². The Labute approximate surface area is 167 Å². The first-order valence-corrected chi connectivity index (χ1v) is 11.4. The lowest BCUT2D eigenvalue weighted by Gasteiger charge is -2.25. The third-order valence-electron chi connectivity index (χ3n) is 5.39. The molecular weight excluding hydrogens is 382 g/mol. The van der Waals surface area contributed by atoms with E-state index in [-0.39, 0.29) is 0 Å². The van der Waals surface area contributed by atoms with Gasteiger partial charge in [0.1, 0.15) is 5.75 Å². The van der Waals surface area contributed by atoms with E-state index in [1.807, 2.05) is 18.2 Å². The molecule has 0 radical (unpaired) electrons. The van der Waals surface area contributed by atoms with Gasteiger partial charge in [0.15, 0.2) is 9.84 Å². The third kappa shape index (κ3) is 5.03. The van der Waals surface area contributed by atoms with Crippen molar-refractivity contribution in [2.75, 3.05) is 26.0 Å². The highest BCUT2D eigenvalue weighted by Gasteiger charge is 2.33. The van der Waals surface area contributed by atoms with Crippen molar-refractivity contribution in [2.24, 2.45) is 11.8 Å². The molecule has 2 aromatic carbocycles. The number of hydrogen-bond acceptors (Lipinski definition) is 4. The van der Waals surface area contributed by atoms with Crippen molar-refractivity contribution in [2.45, 2.75) is 24.8 Å². The minimum Gasteiger partial charge on any atom is -0.493 e. The normalized spacial score (nSPS) is 21.9. The summed E-state index contributed by atoms with van der Waals surface area (Å²) in [5.41, 5.74) is 1.23. The molecule has 1 aliphatic heterocycles. The Morgan fingerprint density at radius 2 is 1.89 bits per heavy atom. The number of sulfone groups is 1. The summed E-state index contributed by atoms with van der Waals surface area (Å²) in [6.45, 7) is 7.08. The first kappa shape index (κ1) is 20.2. The average Bonchev–Trinajstić information content (AvgIpc) is 2.99. The molecule has 146 valence electrons. The van der Waals surface area contributed by atoms with E-state index in [1.54, 1.807) is 24.3 Å². The van der Waals surface area contributed by atoms with Crippen LogP contribution in [0.15, 0.2) is 53.4 Å². The van der Waals surface area contributed by atoms with Crippen molar-refractivity contribution in [3.63, 3.8) is 0 Å². The van der Waals surface area contributed by atoms with Gasteiger partial charge in [-0.3, -0.25) is 4.90 Å². The Bertz CT molecular complexity index is 883. The highest BCUT2D eigenvalue weighted by molar-refractivity contribution is 7.90. The Hall–Kier alpha value is -1.56. The fourth-order valence-electron chi connectivity index (χ4n) is 3.57. The molecular formula is C21H26ClNO3S. The fourth-order valence-corrected chi connectivity index (χ4v) is 4.40. The topological polar surface area (TPSA) is 46.6 Å². The average molecular weight is 408 g/mol. The van der Waals surface area contributed by atoms with Gasteiger partial charge in [-0.2, -0.15) is 0 Å². The molecule has 0 aromatic heterocycles. The lowest BCUT2D eigenvalue weighted by Crippen LogP contribution is -2.25. The van der Waals surface area contributed by atoms with Crippen molar-refractivity contribution in [3.8, 4) is 5.75 Å².